The number of aromatic nitrogens is 2. The van der Waals surface area contributed by atoms with E-state index in [2.05, 4.69) is 53.2 Å². The number of hydrogen-bond acceptors (Lipinski definition) is 4. The highest BCUT2D eigenvalue weighted by atomic mass is 32.1. The van der Waals surface area contributed by atoms with Gasteiger partial charge >= 0.3 is 0 Å². The first-order chi connectivity index (χ1) is 10.2. The van der Waals surface area contributed by atoms with Crippen molar-refractivity contribution in [2.75, 3.05) is 23.3 Å². The van der Waals surface area contributed by atoms with Gasteiger partial charge in [0.1, 0.15) is 5.82 Å². The molecule has 1 aromatic rings. The summed E-state index contributed by atoms with van der Waals surface area (Å²) in [5, 5.41) is 6.87. The molecule has 0 aromatic carbocycles. The Hall–Kier alpha value is -1.43. The molecule has 122 valence electrons. The van der Waals surface area contributed by atoms with Crippen molar-refractivity contribution in [3.05, 3.63) is 11.8 Å². The van der Waals surface area contributed by atoms with Crippen LogP contribution in [-0.2, 0) is 0 Å². The van der Waals surface area contributed by atoms with E-state index in [-0.39, 0.29) is 5.54 Å². The summed E-state index contributed by atoms with van der Waals surface area (Å²) in [5.41, 5.74) is 0.864. The molecule has 0 bridgehead atoms. The number of piperidine rings is 1. The molecular formula is C16H27N5S. The zero-order chi connectivity index (χ0) is 16.3. The van der Waals surface area contributed by atoms with E-state index in [0.29, 0.717) is 17.0 Å². The van der Waals surface area contributed by atoms with E-state index >= 15 is 0 Å². The van der Waals surface area contributed by atoms with E-state index in [1.807, 2.05) is 13.0 Å². The van der Waals surface area contributed by atoms with Gasteiger partial charge in [-0.3, -0.25) is 0 Å². The van der Waals surface area contributed by atoms with E-state index < -0.39 is 0 Å². The van der Waals surface area contributed by atoms with E-state index in [1.54, 1.807) is 0 Å². The highest BCUT2D eigenvalue weighted by molar-refractivity contribution is 7.80. The predicted octanol–water partition coefficient (Wildman–Crippen LogP) is 3.11. The highest BCUT2D eigenvalue weighted by Gasteiger charge is 2.19. The molecule has 0 aliphatic carbocycles. The van der Waals surface area contributed by atoms with Crippen molar-refractivity contribution in [3.8, 4) is 0 Å². The normalized spacial score (nSPS) is 19.0. The fourth-order valence-electron chi connectivity index (χ4n) is 2.64. The second kappa shape index (κ2) is 6.77. The van der Waals surface area contributed by atoms with Crippen LogP contribution in [0.1, 0.15) is 46.2 Å². The minimum absolute atomic E-state index is 0.0843. The smallest absolute Gasteiger partial charge is 0.231 e. The fourth-order valence-corrected chi connectivity index (χ4v) is 3.04. The Morgan fingerprint density at radius 2 is 2.09 bits per heavy atom. The maximum Gasteiger partial charge on any atom is 0.231 e. The van der Waals surface area contributed by atoms with Gasteiger partial charge in [0.15, 0.2) is 5.11 Å². The van der Waals surface area contributed by atoms with Crippen LogP contribution in [0, 0.1) is 12.8 Å². The quantitative estimate of drug-likeness (QED) is 0.816. The number of nitrogens with zero attached hydrogens (tertiary/aromatic N) is 3. The van der Waals surface area contributed by atoms with Crippen molar-refractivity contribution < 1.29 is 0 Å². The van der Waals surface area contributed by atoms with E-state index in [9.17, 15) is 0 Å². The number of hydrogen-bond donors (Lipinski definition) is 2. The van der Waals surface area contributed by atoms with Crippen molar-refractivity contribution in [1.82, 2.24) is 15.3 Å². The van der Waals surface area contributed by atoms with Gasteiger partial charge in [0.05, 0.1) is 0 Å². The van der Waals surface area contributed by atoms with Crippen molar-refractivity contribution in [2.24, 2.45) is 5.92 Å². The molecule has 0 spiro atoms. The number of anilines is 2. The largest absolute Gasteiger partial charge is 0.358 e. The van der Waals surface area contributed by atoms with Gasteiger partial charge in [0.2, 0.25) is 5.95 Å². The van der Waals surface area contributed by atoms with Gasteiger partial charge in [-0.25, -0.2) is 4.98 Å². The molecule has 2 heterocycles. The number of rotatable bonds is 2. The van der Waals surface area contributed by atoms with E-state index in [1.165, 1.54) is 12.8 Å². The topological polar surface area (TPSA) is 53.1 Å². The lowest BCUT2D eigenvalue weighted by molar-refractivity contribution is 0.444. The first kappa shape index (κ1) is 16.9. The Kier molecular flexibility index (Phi) is 5.21. The van der Waals surface area contributed by atoms with Gasteiger partial charge < -0.3 is 15.5 Å². The Balaban J connectivity index is 2.11. The maximum absolute atomic E-state index is 5.33. The third-order valence-electron chi connectivity index (χ3n) is 3.54. The second-order valence-corrected chi connectivity index (χ2v) is 7.62. The van der Waals surface area contributed by atoms with Crippen LogP contribution in [0.4, 0.5) is 11.8 Å². The predicted molar refractivity (Wildman–Crippen MR) is 96.5 cm³/mol. The molecule has 22 heavy (non-hydrogen) atoms. The van der Waals surface area contributed by atoms with Crippen LogP contribution in [0.25, 0.3) is 0 Å². The molecular weight excluding hydrogens is 294 g/mol. The van der Waals surface area contributed by atoms with E-state index in [4.69, 9.17) is 12.2 Å². The first-order valence-electron chi connectivity index (χ1n) is 7.93. The summed E-state index contributed by atoms with van der Waals surface area (Å²) in [6.45, 7) is 12.6. The number of thiocarbonyl (C=S) groups is 1. The summed E-state index contributed by atoms with van der Waals surface area (Å²) < 4.78 is 0. The molecule has 0 saturated carbocycles. The minimum atomic E-state index is -0.0843. The molecule has 1 aromatic heterocycles. The molecule has 0 unspecified atom stereocenters. The molecule has 0 radical (unpaired) electrons. The van der Waals surface area contributed by atoms with Gasteiger partial charge in [0, 0.05) is 30.4 Å². The summed E-state index contributed by atoms with van der Waals surface area (Å²) in [4.78, 5) is 11.4. The van der Waals surface area contributed by atoms with Crippen LogP contribution in [0.15, 0.2) is 6.07 Å². The average Bonchev–Trinajstić information content (AvgIpc) is 2.35. The summed E-state index contributed by atoms with van der Waals surface area (Å²) in [7, 11) is 0. The van der Waals surface area contributed by atoms with Crippen molar-refractivity contribution in [3.63, 3.8) is 0 Å². The summed E-state index contributed by atoms with van der Waals surface area (Å²) in [5.74, 6) is 2.26. The van der Waals surface area contributed by atoms with Gasteiger partial charge in [-0.2, -0.15) is 4.98 Å². The van der Waals surface area contributed by atoms with Crippen LogP contribution >= 0.6 is 12.2 Å². The average molecular weight is 321 g/mol. The summed E-state index contributed by atoms with van der Waals surface area (Å²) in [6.07, 6.45) is 2.52. The Bertz CT molecular complexity index is 538. The molecule has 6 heteroatoms. The van der Waals surface area contributed by atoms with Crippen LogP contribution in [0.3, 0.4) is 0 Å². The minimum Gasteiger partial charge on any atom is -0.358 e. The Morgan fingerprint density at radius 3 is 2.73 bits per heavy atom. The lowest BCUT2D eigenvalue weighted by atomic mass is 10.0. The van der Waals surface area contributed by atoms with Gasteiger partial charge in [0.25, 0.3) is 0 Å². The third kappa shape index (κ3) is 5.09. The van der Waals surface area contributed by atoms with E-state index in [0.717, 1.165) is 24.6 Å². The maximum atomic E-state index is 5.33. The zero-order valence-corrected chi connectivity index (χ0v) is 15.0. The zero-order valence-electron chi connectivity index (χ0n) is 14.2. The van der Waals surface area contributed by atoms with Gasteiger partial charge in [-0.1, -0.05) is 6.92 Å². The molecule has 1 aliphatic rings. The lowest BCUT2D eigenvalue weighted by Crippen LogP contribution is -2.43. The number of nitrogens with one attached hydrogen (secondary N) is 2. The van der Waals surface area contributed by atoms with Crippen LogP contribution in [0.2, 0.25) is 0 Å². The Labute approximate surface area is 138 Å². The molecule has 1 aliphatic heterocycles. The SMILES string of the molecule is Cc1cc(N2CCC[C@H](C)C2)nc(NC(=S)NC(C)(C)C)n1. The fraction of sp³-hybridized carbons (Fsp3) is 0.688. The highest BCUT2D eigenvalue weighted by Crippen LogP contribution is 2.22. The molecule has 1 saturated heterocycles. The molecule has 1 fully saturated rings. The lowest BCUT2D eigenvalue weighted by Gasteiger charge is -2.32. The molecule has 2 rings (SSSR count). The van der Waals surface area contributed by atoms with Crippen LogP contribution < -0.4 is 15.5 Å². The summed E-state index contributed by atoms with van der Waals surface area (Å²) >= 11 is 5.33. The third-order valence-corrected chi connectivity index (χ3v) is 3.74. The molecule has 5 nitrogen and oxygen atoms in total. The molecule has 1 atom stereocenters. The molecule has 0 amide bonds. The number of aryl methyl sites for hydroxylation is 1. The monoisotopic (exact) mass is 321 g/mol. The van der Waals surface area contributed by atoms with Crippen molar-refractivity contribution in [2.45, 2.75) is 53.0 Å². The summed E-state index contributed by atoms with van der Waals surface area (Å²) in [6, 6.07) is 2.05. The van der Waals surface area contributed by atoms with Crippen LogP contribution in [0.5, 0.6) is 0 Å². The second-order valence-electron chi connectivity index (χ2n) is 7.21. The van der Waals surface area contributed by atoms with Gasteiger partial charge in [-0.05, 0) is 58.7 Å². The standard InChI is InChI=1S/C16H27N5S/c1-11-7-6-8-21(10-11)13-9-12(2)17-14(18-13)19-15(22)20-16(3,4)5/h9,11H,6-8,10H2,1-5H3,(H2,17,18,19,20,22)/t11-/m0/s1. The van der Waals surface area contributed by atoms with Crippen LogP contribution in [-0.4, -0.2) is 33.7 Å². The van der Waals surface area contributed by atoms with Gasteiger partial charge in [-0.15, -0.1) is 0 Å². The van der Waals surface area contributed by atoms with Crippen molar-refractivity contribution in [1.29, 1.82) is 0 Å². The van der Waals surface area contributed by atoms with Crippen molar-refractivity contribution >= 4 is 29.1 Å². The Morgan fingerprint density at radius 1 is 1.36 bits per heavy atom. The first-order valence-corrected chi connectivity index (χ1v) is 8.33. The molecule has 2 N–H and O–H groups in total.